The minimum absolute atomic E-state index is 0.0939. The Labute approximate surface area is 374 Å². The summed E-state index contributed by atoms with van der Waals surface area (Å²) in [6.07, 6.45) is 3.37. The summed E-state index contributed by atoms with van der Waals surface area (Å²) >= 11 is 1.20. The van der Waals surface area contributed by atoms with Crippen molar-refractivity contribution >= 4 is 47.5 Å². The number of nitrogens with two attached hydrogens (primary N) is 3. The highest BCUT2D eigenvalue weighted by Gasteiger charge is 2.35. The van der Waals surface area contributed by atoms with Crippen LogP contribution >= 0.6 is 18.0 Å². The van der Waals surface area contributed by atoms with Gasteiger partial charge in [0.1, 0.15) is 19.1 Å². The molecule has 2 atom stereocenters. The first kappa shape index (κ1) is 58.4. The Morgan fingerprint density at radius 1 is 0.619 bits per heavy atom. The molecule has 0 aromatic heterocycles. The van der Waals surface area contributed by atoms with Gasteiger partial charge in [-0.15, -0.1) is 0 Å². The average Bonchev–Trinajstić information content (AvgIpc) is 3.28. The summed E-state index contributed by atoms with van der Waals surface area (Å²) in [6, 6.07) is -1.28. The van der Waals surface area contributed by atoms with Gasteiger partial charge in [0.05, 0.1) is 105 Å². The number of amides is 5. The second kappa shape index (κ2) is 38.7. The van der Waals surface area contributed by atoms with E-state index >= 15 is 0 Å². The minimum atomic E-state index is -2.83. The molecule has 1 aliphatic carbocycles. The van der Waals surface area contributed by atoms with Crippen molar-refractivity contribution in [3.8, 4) is 0 Å². The molecule has 0 spiro atoms. The first-order valence-electron chi connectivity index (χ1n) is 21.2. The number of carbonyl (C=O) groups excluding carboxylic acids is 5. The number of nitrogens with one attached hydrogen (secondary N) is 4. The van der Waals surface area contributed by atoms with Crippen LogP contribution in [0.5, 0.6) is 0 Å². The van der Waals surface area contributed by atoms with Crippen LogP contribution in [0.25, 0.3) is 0 Å². The summed E-state index contributed by atoms with van der Waals surface area (Å²) < 4.78 is 51.1. The molecule has 24 nitrogen and oxygen atoms in total. The molecule has 26 heteroatoms. The highest BCUT2D eigenvalue weighted by atomic mass is 32.7. The molecule has 0 aromatic carbocycles. The van der Waals surface area contributed by atoms with Crippen molar-refractivity contribution in [3.05, 3.63) is 0 Å². The third kappa shape index (κ3) is 30.3. The number of hydrogen-bond acceptors (Lipinski definition) is 20. The maximum atomic E-state index is 14.3. The summed E-state index contributed by atoms with van der Waals surface area (Å²) in [5, 5.41) is 10.9. The average molecular weight is 949 g/mol. The molecular formula is C37H73N8O16PS. The number of ether oxygens (including phenoxy) is 6. The quantitative estimate of drug-likeness (QED) is 0.0205. The molecule has 0 heterocycles. The van der Waals surface area contributed by atoms with E-state index in [-0.39, 0.29) is 111 Å². The lowest BCUT2D eigenvalue weighted by Gasteiger charge is -2.32. The van der Waals surface area contributed by atoms with Gasteiger partial charge in [0.25, 0.3) is 6.57 Å². The molecule has 0 radical (unpaired) electrons. The Morgan fingerprint density at radius 2 is 1.02 bits per heavy atom. The lowest BCUT2D eigenvalue weighted by molar-refractivity contribution is -0.143. The van der Waals surface area contributed by atoms with Gasteiger partial charge < -0.3 is 73.6 Å². The van der Waals surface area contributed by atoms with Crippen LogP contribution in [0.2, 0.25) is 0 Å². The summed E-state index contributed by atoms with van der Waals surface area (Å²) in [5.74, 6) is 11.6. The smallest absolute Gasteiger partial charge is 0.257 e. The topological polar surface area (TPSA) is 324 Å². The Morgan fingerprint density at radius 3 is 1.41 bits per heavy atom. The van der Waals surface area contributed by atoms with E-state index in [2.05, 4.69) is 35.8 Å². The molecule has 1 fully saturated rings. The Bertz CT molecular complexity index is 1250. The molecule has 0 aliphatic heterocycles. The first-order chi connectivity index (χ1) is 30.5. The van der Waals surface area contributed by atoms with Crippen LogP contribution in [0.15, 0.2) is 0 Å². The summed E-state index contributed by atoms with van der Waals surface area (Å²) in [5.41, 5.74) is 0. The molecule has 5 amide bonds. The van der Waals surface area contributed by atoms with Crippen molar-refractivity contribution in [2.45, 2.75) is 57.6 Å². The van der Waals surface area contributed by atoms with Crippen molar-refractivity contribution in [1.82, 2.24) is 26.2 Å². The van der Waals surface area contributed by atoms with E-state index < -0.39 is 61.2 Å². The van der Waals surface area contributed by atoms with Gasteiger partial charge in [-0.05, 0) is 38.4 Å². The van der Waals surface area contributed by atoms with E-state index in [0.29, 0.717) is 58.3 Å². The van der Waals surface area contributed by atoms with Gasteiger partial charge in [0, 0.05) is 38.1 Å². The third-order valence-electron chi connectivity index (χ3n) is 9.13. The number of carbonyl (C=O) groups is 5. The predicted octanol–water partition coefficient (Wildman–Crippen LogP) is -1.65. The Balaban J connectivity index is 3.02. The summed E-state index contributed by atoms with van der Waals surface area (Å²) in [6.45, 7) is 2.01. The zero-order chi connectivity index (χ0) is 46.4. The maximum Gasteiger partial charge on any atom is 0.257 e. The normalized spacial score (nSPS) is 16.5. The molecule has 1 saturated carbocycles. The lowest BCUT2D eigenvalue weighted by atomic mass is 9.86. The zero-order valence-corrected chi connectivity index (χ0v) is 38.6. The highest BCUT2D eigenvalue weighted by Crippen LogP contribution is 2.59. The van der Waals surface area contributed by atoms with Crippen LogP contribution in [0.4, 0.5) is 0 Å². The van der Waals surface area contributed by atoms with E-state index in [1.807, 2.05) is 6.92 Å². The van der Waals surface area contributed by atoms with E-state index in [4.69, 9.17) is 50.6 Å². The summed E-state index contributed by atoms with van der Waals surface area (Å²) in [7, 11) is 0. The van der Waals surface area contributed by atoms with Crippen molar-refractivity contribution in [2.75, 3.05) is 144 Å². The molecule has 10 N–H and O–H groups in total. The van der Waals surface area contributed by atoms with E-state index in [1.165, 1.54) is 11.4 Å². The van der Waals surface area contributed by atoms with Crippen molar-refractivity contribution in [3.63, 3.8) is 0 Å². The third-order valence-corrected chi connectivity index (χ3v) is 13.8. The molecule has 0 aromatic rings. The second-order valence-corrected chi connectivity index (χ2v) is 19.0. The van der Waals surface area contributed by atoms with Crippen molar-refractivity contribution < 1.29 is 76.0 Å². The summed E-state index contributed by atoms with van der Waals surface area (Å²) in [4.78, 5) is 81.6. The van der Waals surface area contributed by atoms with Gasteiger partial charge in [0.2, 0.25) is 29.5 Å². The van der Waals surface area contributed by atoms with Crippen molar-refractivity contribution in [1.29, 1.82) is 0 Å². The van der Waals surface area contributed by atoms with Gasteiger partial charge in [-0.3, -0.25) is 28.5 Å². The van der Waals surface area contributed by atoms with E-state index in [9.17, 15) is 28.5 Å². The van der Waals surface area contributed by atoms with Gasteiger partial charge in [-0.1, -0.05) is 18.3 Å². The van der Waals surface area contributed by atoms with Gasteiger partial charge >= 0.3 is 0 Å². The first-order valence-corrected chi connectivity index (χ1v) is 24.8. The molecular weight excluding hydrogens is 875 g/mol. The molecule has 0 saturated heterocycles. The predicted molar refractivity (Wildman–Crippen MR) is 231 cm³/mol. The Hall–Kier alpha value is -2.59. The molecule has 1 rings (SSSR count). The monoisotopic (exact) mass is 948 g/mol. The molecule has 368 valence electrons. The van der Waals surface area contributed by atoms with Gasteiger partial charge in [0.15, 0.2) is 0 Å². The largest absolute Gasteiger partial charge is 0.377 e. The van der Waals surface area contributed by atoms with Crippen LogP contribution in [-0.2, 0) is 76.0 Å². The second-order valence-electron chi connectivity index (χ2n) is 13.8. The van der Waals surface area contributed by atoms with Crippen LogP contribution in [0.3, 0.4) is 0 Å². The highest BCUT2D eigenvalue weighted by molar-refractivity contribution is 8.56. The maximum absolute atomic E-state index is 14.3. The molecule has 1 aliphatic rings. The van der Waals surface area contributed by atoms with E-state index in [1.54, 1.807) is 6.26 Å². The van der Waals surface area contributed by atoms with E-state index in [0.717, 1.165) is 4.90 Å². The fraction of sp³-hybridized carbons (Fsp3) is 0.865. The number of rotatable bonds is 41. The Kier molecular flexibility index (Phi) is 35.9. The molecule has 0 bridgehead atoms. The van der Waals surface area contributed by atoms with Crippen LogP contribution in [-0.4, -0.2) is 191 Å². The standard InChI is InChI=1S/C37H73N8O16PS/c1-3-62(51,63-2)61-31-6-4-30(5-7-31)36(49)44-32(8-9-33(46)41-10-13-52-16-19-55-22-25-58-38)37(50)45(28-34(47)42-11-14-53-17-20-56-23-26-59-39)29-35(48)43-12-15-54-18-21-57-24-27-60-40/h30-32H,3-29,38-40H2,1-2H3,(H,41,46)(H,42,47)(H,43,48)(H,44,49). The fourth-order valence-corrected chi connectivity index (χ4v) is 8.34. The zero-order valence-electron chi connectivity index (χ0n) is 36.9. The fourth-order valence-electron chi connectivity index (χ4n) is 5.78. The SMILES string of the molecule is CCP(=O)(OC1CCC(C(=O)NC(CCC(=O)NCCOCCOCCON)C(=O)N(CC(=O)NCCOCCOCCON)CC(=O)NCCOCCOCCON)CC1)SC. The van der Waals surface area contributed by atoms with Crippen LogP contribution in [0, 0.1) is 5.92 Å². The molecule has 2 unspecified atom stereocenters. The number of hydrogen-bond donors (Lipinski definition) is 7. The molecule has 63 heavy (non-hydrogen) atoms. The van der Waals surface area contributed by atoms with Gasteiger partial charge in [-0.2, -0.15) is 0 Å². The number of nitrogens with zero attached hydrogens (tertiary/aromatic N) is 1. The van der Waals surface area contributed by atoms with Crippen LogP contribution < -0.4 is 39.0 Å². The van der Waals surface area contributed by atoms with Crippen molar-refractivity contribution in [2.24, 2.45) is 23.6 Å². The van der Waals surface area contributed by atoms with Crippen LogP contribution in [0.1, 0.15) is 45.4 Å². The van der Waals surface area contributed by atoms with Gasteiger partial charge in [-0.25, -0.2) is 17.7 Å². The lowest BCUT2D eigenvalue weighted by Crippen LogP contribution is -2.54. The minimum Gasteiger partial charge on any atom is -0.377 e.